The quantitative estimate of drug-likeness (QED) is 0.801. The Morgan fingerprint density at radius 3 is 2.44 bits per heavy atom. The molecule has 1 saturated carbocycles. The van der Waals surface area contributed by atoms with Gasteiger partial charge in [0.25, 0.3) is 0 Å². The fourth-order valence-electron chi connectivity index (χ4n) is 3.43. The minimum absolute atomic E-state index is 0.0669. The van der Waals surface area contributed by atoms with Crippen LogP contribution in [0.1, 0.15) is 46.0 Å². The number of nitrogens with two attached hydrogens (primary N) is 1. The highest BCUT2D eigenvalue weighted by Gasteiger charge is 2.32. The Labute approximate surface area is 110 Å². The van der Waals surface area contributed by atoms with Crippen LogP contribution in [-0.2, 0) is 9.53 Å². The number of hydrogen-bond donors (Lipinski definition) is 2. The Morgan fingerprint density at radius 2 is 1.89 bits per heavy atom. The summed E-state index contributed by atoms with van der Waals surface area (Å²) in [6, 6.07) is 0.330. The first-order chi connectivity index (χ1) is 8.58. The molecule has 0 bridgehead atoms. The summed E-state index contributed by atoms with van der Waals surface area (Å²) in [6.07, 6.45) is 5.00. The molecule has 18 heavy (non-hydrogen) atoms. The summed E-state index contributed by atoms with van der Waals surface area (Å²) in [5, 5.41) is 3.16. The van der Waals surface area contributed by atoms with Crippen molar-refractivity contribution in [3.8, 4) is 0 Å². The van der Waals surface area contributed by atoms with E-state index in [1.165, 1.54) is 6.42 Å². The van der Waals surface area contributed by atoms with Crippen LogP contribution in [0.4, 0.5) is 0 Å². The van der Waals surface area contributed by atoms with E-state index in [0.29, 0.717) is 24.4 Å². The summed E-state index contributed by atoms with van der Waals surface area (Å²) in [7, 11) is 0. The van der Waals surface area contributed by atoms with Gasteiger partial charge in [-0.3, -0.25) is 4.79 Å². The molecule has 1 aliphatic carbocycles. The number of carbonyl (C=O) groups is 1. The molecule has 0 aromatic heterocycles. The molecule has 0 aromatic carbocycles. The average Bonchev–Trinajstić information content (AvgIpc) is 2.75. The SMILES string of the molecule is CC1CC(C)CC(NC(=O)[C@@H]2CC[C@H](CN)O2)C1. The predicted octanol–water partition coefficient (Wildman–Crippen LogP) is 1.43. The lowest BCUT2D eigenvalue weighted by Gasteiger charge is -2.32. The van der Waals surface area contributed by atoms with Crippen LogP contribution in [0.2, 0.25) is 0 Å². The zero-order chi connectivity index (χ0) is 13.1. The number of rotatable bonds is 3. The van der Waals surface area contributed by atoms with Gasteiger partial charge >= 0.3 is 0 Å². The summed E-state index contributed by atoms with van der Waals surface area (Å²) in [6.45, 7) is 5.05. The fraction of sp³-hybridized carbons (Fsp3) is 0.929. The van der Waals surface area contributed by atoms with E-state index in [1.54, 1.807) is 0 Å². The van der Waals surface area contributed by atoms with E-state index >= 15 is 0 Å². The monoisotopic (exact) mass is 254 g/mol. The van der Waals surface area contributed by atoms with Crippen LogP contribution in [-0.4, -0.2) is 30.7 Å². The van der Waals surface area contributed by atoms with Crippen molar-refractivity contribution in [3.05, 3.63) is 0 Å². The topological polar surface area (TPSA) is 64.4 Å². The first-order valence-electron chi connectivity index (χ1n) is 7.24. The maximum atomic E-state index is 12.1. The van der Waals surface area contributed by atoms with Crippen LogP contribution in [0.25, 0.3) is 0 Å². The molecule has 4 nitrogen and oxygen atoms in total. The maximum Gasteiger partial charge on any atom is 0.249 e. The summed E-state index contributed by atoms with van der Waals surface area (Å²) in [5.41, 5.74) is 5.56. The lowest BCUT2D eigenvalue weighted by Crippen LogP contribution is -2.44. The maximum absolute atomic E-state index is 12.1. The van der Waals surface area contributed by atoms with Crippen molar-refractivity contribution >= 4 is 5.91 Å². The van der Waals surface area contributed by atoms with E-state index in [0.717, 1.165) is 25.7 Å². The largest absolute Gasteiger partial charge is 0.364 e. The van der Waals surface area contributed by atoms with Crippen molar-refractivity contribution in [2.75, 3.05) is 6.54 Å². The number of ether oxygens (including phenoxy) is 1. The van der Waals surface area contributed by atoms with Gasteiger partial charge in [0.15, 0.2) is 0 Å². The highest BCUT2D eigenvalue weighted by atomic mass is 16.5. The van der Waals surface area contributed by atoms with Gasteiger partial charge in [-0.2, -0.15) is 0 Å². The number of nitrogens with one attached hydrogen (secondary N) is 1. The van der Waals surface area contributed by atoms with Crippen molar-refractivity contribution in [2.45, 2.75) is 64.2 Å². The van der Waals surface area contributed by atoms with E-state index in [1.807, 2.05) is 0 Å². The van der Waals surface area contributed by atoms with Gasteiger partial charge in [-0.1, -0.05) is 13.8 Å². The number of carbonyl (C=O) groups excluding carboxylic acids is 1. The Balaban J connectivity index is 1.80. The van der Waals surface area contributed by atoms with Crippen LogP contribution >= 0.6 is 0 Å². The van der Waals surface area contributed by atoms with Crippen molar-refractivity contribution < 1.29 is 9.53 Å². The molecular formula is C14H26N2O2. The Kier molecular flexibility index (Phi) is 4.62. The summed E-state index contributed by atoms with van der Waals surface area (Å²) in [4.78, 5) is 12.1. The van der Waals surface area contributed by atoms with E-state index < -0.39 is 0 Å². The smallest absolute Gasteiger partial charge is 0.249 e. The van der Waals surface area contributed by atoms with Crippen molar-refractivity contribution in [2.24, 2.45) is 17.6 Å². The molecule has 2 unspecified atom stereocenters. The first-order valence-corrected chi connectivity index (χ1v) is 7.24. The van der Waals surface area contributed by atoms with Gasteiger partial charge in [-0.25, -0.2) is 0 Å². The van der Waals surface area contributed by atoms with Gasteiger partial charge in [-0.05, 0) is 43.9 Å². The molecule has 1 aliphatic heterocycles. The second-order valence-corrected chi connectivity index (χ2v) is 6.18. The van der Waals surface area contributed by atoms with E-state index in [4.69, 9.17) is 10.5 Å². The molecule has 2 rings (SSSR count). The van der Waals surface area contributed by atoms with E-state index in [2.05, 4.69) is 19.2 Å². The molecule has 0 radical (unpaired) electrons. The van der Waals surface area contributed by atoms with Crippen molar-refractivity contribution in [3.63, 3.8) is 0 Å². The standard InChI is InChI=1S/C14H26N2O2/c1-9-5-10(2)7-11(6-9)16-14(17)13-4-3-12(8-15)18-13/h9-13H,3-8,15H2,1-2H3,(H,16,17)/t9?,10?,11?,12-,13+/m1/s1. The third kappa shape index (κ3) is 3.45. The molecule has 4 heteroatoms. The minimum Gasteiger partial charge on any atom is -0.364 e. The van der Waals surface area contributed by atoms with Crippen molar-refractivity contribution in [1.29, 1.82) is 0 Å². The number of amides is 1. The van der Waals surface area contributed by atoms with Crippen molar-refractivity contribution in [1.82, 2.24) is 5.32 Å². The molecule has 104 valence electrons. The second-order valence-electron chi connectivity index (χ2n) is 6.18. The zero-order valence-corrected chi connectivity index (χ0v) is 11.5. The predicted molar refractivity (Wildman–Crippen MR) is 71.1 cm³/mol. The summed E-state index contributed by atoms with van der Waals surface area (Å²) in [5.74, 6) is 1.48. The van der Waals surface area contributed by atoms with Gasteiger partial charge in [0.2, 0.25) is 5.91 Å². The van der Waals surface area contributed by atoms with Gasteiger partial charge in [0, 0.05) is 12.6 Å². The van der Waals surface area contributed by atoms with Crippen LogP contribution in [0, 0.1) is 11.8 Å². The highest BCUT2D eigenvalue weighted by molar-refractivity contribution is 5.81. The van der Waals surface area contributed by atoms with Crippen LogP contribution in [0.15, 0.2) is 0 Å². The van der Waals surface area contributed by atoms with Gasteiger partial charge in [0.1, 0.15) is 6.10 Å². The minimum atomic E-state index is -0.272. The third-order valence-corrected chi connectivity index (χ3v) is 4.19. The summed E-state index contributed by atoms with van der Waals surface area (Å²) >= 11 is 0. The van der Waals surface area contributed by atoms with Gasteiger partial charge < -0.3 is 15.8 Å². The second kappa shape index (κ2) is 6.02. The van der Waals surface area contributed by atoms with Crippen LogP contribution < -0.4 is 11.1 Å². The molecule has 1 amide bonds. The average molecular weight is 254 g/mol. The highest BCUT2D eigenvalue weighted by Crippen LogP contribution is 2.29. The lowest BCUT2D eigenvalue weighted by atomic mass is 9.80. The number of hydrogen-bond acceptors (Lipinski definition) is 3. The van der Waals surface area contributed by atoms with Gasteiger partial charge in [0.05, 0.1) is 6.10 Å². The molecule has 0 aromatic rings. The van der Waals surface area contributed by atoms with Gasteiger partial charge in [-0.15, -0.1) is 0 Å². The Hall–Kier alpha value is -0.610. The third-order valence-electron chi connectivity index (χ3n) is 4.19. The van der Waals surface area contributed by atoms with Crippen LogP contribution in [0.3, 0.4) is 0 Å². The molecular weight excluding hydrogens is 228 g/mol. The molecule has 4 atom stereocenters. The molecule has 3 N–H and O–H groups in total. The Bertz CT molecular complexity index is 286. The normalized spacial score (nSPS) is 40.7. The lowest BCUT2D eigenvalue weighted by molar-refractivity contribution is -0.133. The molecule has 2 aliphatic rings. The van der Waals surface area contributed by atoms with Crippen LogP contribution in [0.5, 0.6) is 0 Å². The fourth-order valence-corrected chi connectivity index (χ4v) is 3.43. The van der Waals surface area contributed by atoms with E-state index in [-0.39, 0.29) is 18.1 Å². The van der Waals surface area contributed by atoms with E-state index in [9.17, 15) is 4.79 Å². The first kappa shape index (κ1) is 13.8. The molecule has 1 heterocycles. The summed E-state index contributed by atoms with van der Waals surface area (Å²) < 4.78 is 5.63. The molecule has 0 spiro atoms. The molecule has 1 saturated heterocycles. The molecule has 2 fully saturated rings. The zero-order valence-electron chi connectivity index (χ0n) is 11.5. The Morgan fingerprint density at radius 1 is 1.22 bits per heavy atom.